The van der Waals surface area contributed by atoms with Crippen molar-refractivity contribution in [2.45, 2.75) is 42.7 Å². The lowest BCUT2D eigenvalue weighted by Crippen LogP contribution is -2.57. The maximum atomic E-state index is 10.5. The first kappa shape index (κ1) is 20.5. The second kappa shape index (κ2) is 9.10. The third kappa shape index (κ3) is 6.48. The van der Waals surface area contributed by atoms with Gasteiger partial charge < -0.3 is 30.3 Å². The van der Waals surface area contributed by atoms with Crippen molar-refractivity contribution in [1.82, 2.24) is 0 Å². The van der Waals surface area contributed by atoms with E-state index in [4.69, 9.17) is 19.5 Å². The van der Waals surface area contributed by atoms with Gasteiger partial charge in [0.1, 0.15) is 34.9 Å². The van der Waals surface area contributed by atoms with Gasteiger partial charge in [-0.2, -0.15) is 8.42 Å². The van der Waals surface area contributed by atoms with Gasteiger partial charge in [-0.3, -0.25) is 4.55 Å². The Morgan fingerprint density at radius 3 is 2.35 bits per heavy atom. The molecule has 13 heteroatoms. The number of nitrogens with zero attached hydrogens (tertiary/aromatic N) is 1. The van der Waals surface area contributed by atoms with Gasteiger partial charge in [0, 0.05) is 13.0 Å². The molecule has 0 spiro atoms. The Morgan fingerprint density at radius 1 is 1.17 bits per heavy atom. The lowest BCUT2D eigenvalue weighted by molar-refractivity contribution is -0.205. The van der Waals surface area contributed by atoms with E-state index in [0.29, 0.717) is 11.8 Å². The predicted molar refractivity (Wildman–Crippen MR) is 77.7 cm³/mol. The normalized spacial score (nSPS) is 32.8. The summed E-state index contributed by atoms with van der Waals surface area (Å²) in [5, 5.41) is 50.2. The van der Waals surface area contributed by atoms with Crippen LogP contribution in [-0.4, -0.2) is 86.6 Å². The molecule has 6 N–H and O–H groups in total. The summed E-state index contributed by atoms with van der Waals surface area (Å²) in [6.45, 7) is -0.854. The molecule has 23 heavy (non-hydrogen) atoms. The minimum Gasteiger partial charge on any atom is -0.396 e. The molecule has 1 saturated heterocycles. The molecule has 0 aromatic carbocycles. The summed E-state index contributed by atoms with van der Waals surface area (Å²) in [5.41, 5.74) is -1.19. The van der Waals surface area contributed by atoms with E-state index in [1.165, 1.54) is 0 Å². The highest BCUT2D eigenvalue weighted by Gasteiger charge is 2.44. The number of aliphatic hydroxyl groups excluding tert-OH is 5. The van der Waals surface area contributed by atoms with E-state index >= 15 is 0 Å². The Labute approximate surface area is 136 Å². The molecule has 0 radical (unpaired) electrons. The number of aliphatic hydroxyl groups is 5. The molecular weight excluding hydrogens is 358 g/mol. The van der Waals surface area contributed by atoms with Crippen molar-refractivity contribution in [2.24, 2.45) is 5.16 Å². The fraction of sp³-hybridized carbons (Fsp3) is 0.900. The third-order valence-electron chi connectivity index (χ3n) is 2.88. The van der Waals surface area contributed by atoms with Gasteiger partial charge in [-0.05, 0) is 6.42 Å². The zero-order valence-corrected chi connectivity index (χ0v) is 13.4. The van der Waals surface area contributed by atoms with Crippen LogP contribution in [0.4, 0.5) is 0 Å². The fourth-order valence-electron chi connectivity index (χ4n) is 1.74. The van der Waals surface area contributed by atoms with Crippen LogP contribution in [0.15, 0.2) is 5.16 Å². The first-order chi connectivity index (χ1) is 10.7. The molecule has 0 aliphatic carbocycles. The highest BCUT2D eigenvalue weighted by molar-refractivity contribution is 8.14. The van der Waals surface area contributed by atoms with E-state index in [2.05, 4.69) is 9.44 Å². The molecule has 0 saturated carbocycles. The van der Waals surface area contributed by atoms with Crippen molar-refractivity contribution in [3.8, 4) is 0 Å². The Kier molecular flexibility index (Phi) is 8.12. The lowest BCUT2D eigenvalue weighted by Gasteiger charge is -2.39. The molecule has 1 aliphatic heterocycles. The SMILES string of the molecule is O=S(=O)(O)O/N=C(\CCCO)SC1OC(CO)C(O)C(O)C1O. The minimum atomic E-state index is -4.83. The summed E-state index contributed by atoms with van der Waals surface area (Å²) < 4.78 is 38.7. The molecule has 5 unspecified atom stereocenters. The molecule has 1 fully saturated rings. The Hall–Kier alpha value is -0.510. The van der Waals surface area contributed by atoms with Gasteiger partial charge in [0.2, 0.25) is 0 Å². The number of hydrogen-bond acceptors (Lipinski definition) is 11. The molecule has 0 aromatic rings. The summed E-state index contributed by atoms with van der Waals surface area (Å²) in [5.74, 6) is 0. The van der Waals surface area contributed by atoms with Crippen LogP contribution in [0.5, 0.6) is 0 Å². The second-order valence-electron chi connectivity index (χ2n) is 4.63. The van der Waals surface area contributed by atoms with Crippen LogP contribution in [0.1, 0.15) is 12.8 Å². The Balaban J connectivity index is 2.84. The first-order valence-corrected chi connectivity index (χ1v) is 8.75. The van der Waals surface area contributed by atoms with Gasteiger partial charge in [-0.25, -0.2) is 4.28 Å². The number of hydrogen-bond donors (Lipinski definition) is 6. The maximum absolute atomic E-state index is 10.5. The molecule has 1 aliphatic rings. The van der Waals surface area contributed by atoms with Crippen molar-refractivity contribution in [3.63, 3.8) is 0 Å². The highest BCUT2D eigenvalue weighted by atomic mass is 32.3. The zero-order valence-electron chi connectivity index (χ0n) is 11.8. The standard InChI is InChI=1S/C10H19NO10S2/c12-3-1-2-6(11-21-23(17,18)19)22-10-9(16)8(15)7(14)5(4-13)20-10/h5,7-10,12-16H,1-4H2,(H,17,18,19)/b11-6+. The molecule has 136 valence electrons. The van der Waals surface area contributed by atoms with Crippen LogP contribution < -0.4 is 0 Å². The third-order valence-corrected chi connectivity index (χ3v) is 4.32. The van der Waals surface area contributed by atoms with Crippen LogP contribution >= 0.6 is 11.8 Å². The first-order valence-electron chi connectivity index (χ1n) is 6.50. The summed E-state index contributed by atoms with van der Waals surface area (Å²) in [6.07, 6.45) is -5.60. The molecule has 1 heterocycles. The lowest BCUT2D eigenvalue weighted by atomic mass is 10.0. The van der Waals surface area contributed by atoms with Crippen LogP contribution in [0, 0.1) is 0 Å². The molecule has 0 bridgehead atoms. The van der Waals surface area contributed by atoms with Crippen LogP contribution in [0.2, 0.25) is 0 Å². The molecule has 11 nitrogen and oxygen atoms in total. The number of ether oxygens (including phenoxy) is 1. The Bertz CT molecular complexity index is 496. The quantitative estimate of drug-likeness (QED) is 0.118. The van der Waals surface area contributed by atoms with Crippen molar-refractivity contribution in [2.75, 3.05) is 13.2 Å². The molecule has 1 rings (SSSR count). The van der Waals surface area contributed by atoms with E-state index in [1.54, 1.807) is 0 Å². The number of thioether (sulfide) groups is 1. The predicted octanol–water partition coefficient (Wildman–Crippen LogP) is -2.58. The topological polar surface area (TPSA) is 186 Å². The number of rotatable bonds is 7. The minimum absolute atomic E-state index is 0.0334. The van der Waals surface area contributed by atoms with E-state index in [1.807, 2.05) is 0 Å². The van der Waals surface area contributed by atoms with Crippen LogP contribution in [0.3, 0.4) is 0 Å². The van der Waals surface area contributed by atoms with Gasteiger partial charge in [-0.15, -0.1) is 0 Å². The average molecular weight is 377 g/mol. The van der Waals surface area contributed by atoms with Crippen molar-refractivity contribution >= 4 is 27.2 Å². The monoisotopic (exact) mass is 377 g/mol. The largest absolute Gasteiger partial charge is 0.466 e. The smallest absolute Gasteiger partial charge is 0.396 e. The van der Waals surface area contributed by atoms with Gasteiger partial charge >= 0.3 is 10.4 Å². The van der Waals surface area contributed by atoms with Gasteiger partial charge in [0.15, 0.2) is 0 Å². The van der Waals surface area contributed by atoms with Crippen LogP contribution in [0.25, 0.3) is 0 Å². The molecule has 5 atom stereocenters. The zero-order chi connectivity index (χ0) is 17.6. The van der Waals surface area contributed by atoms with Crippen molar-refractivity contribution in [1.29, 1.82) is 0 Å². The summed E-state index contributed by atoms with van der Waals surface area (Å²) >= 11 is 0.663. The molecule has 0 amide bonds. The Morgan fingerprint density at radius 2 is 1.83 bits per heavy atom. The van der Waals surface area contributed by atoms with E-state index in [0.717, 1.165) is 0 Å². The highest BCUT2D eigenvalue weighted by Crippen LogP contribution is 2.30. The maximum Gasteiger partial charge on any atom is 0.466 e. The van der Waals surface area contributed by atoms with Crippen LogP contribution in [-0.2, 0) is 19.4 Å². The molecule has 0 aromatic heterocycles. The summed E-state index contributed by atoms with van der Waals surface area (Å²) in [7, 11) is -4.83. The van der Waals surface area contributed by atoms with E-state index in [9.17, 15) is 23.7 Å². The van der Waals surface area contributed by atoms with Gasteiger partial charge in [-0.1, -0.05) is 16.9 Å². The molecular formula is C10H19NO10S2. The summed E-state index contributed by atoms with van der Waals surface area (Å²) in [4.78, 5) is 0. The second-order valence-corrected chi connectivity index (χ2v) is 6.81. The number of oxime groups is 1. The van der Waals surface area contributed by atoms with Gasteiger partial charge in [0.25, 0.3) is 0 Å². The van der Waals surface area contributed by atoms with Gasteiger partial charge in [0.05, 0.1) is 6.61 Å². The van der Waals surface area contributed by atoms with Crippen molar-refractivity contribution in [3.05, 3.63) is 0 Å². The average Bonchev–Trinajstić information content (AvgIpc) is 2.49. The summed E-state index contributed by atoms with van der Waals surface area (Å²) in [6, 6.07) is 0. The fourth-order valence-corrected chi connectivity index (χ4v) is 3.08. The van der Waals surface area contributed by atoms with E-state index < -0.39 is 46.9 Å². The van der Waals surface area contributed by atoms with E-state index in [-0.39, 0.29) is 24.5 Å². The van der Waals surface area contributed by atoms with Crippen molar-refractivity contribution < 1.29 is 47.5 Å².